The van der Waals surface area contributed by atoms with Crippen LogP contribution in [0.1, 0.15) is 22.0 Å². The highest BCUT2D eigenvalue weighted by Gasteiger charge is 2.15. The minimum Gasteiger partial charge on any atom is -0.382 e. The minimum absolute atomic E-state index is 0.163. The van der Waals surface area contributed by atoms with Gasteiger partial charge in [0, 0.05) is 30.1 Å². The molecule has 0 aliphatic rings. The molecule has 0 fully saturated rings. The van der Waals surface area contributed by atoms with Crippen molar-refractivity contribution in [3.8, 4) is 0 Å². The summed E-state index contributed by atoms with van der Waals surface area (Å²) < 4.78 is 5.17. The second kappa shape index (κ2) is 7.03. The van der Waals surface area contributed by atoms with Gasteiger partial charge >= 0.3 is 0 Å². The van der Waals surface area contributed by atoms with Crippen molar-refractivity contribution in [1.82, 2.24) is 10.3 Å². The molecule has 0 aliphatic heterocycles. The van der Waals surface area contributed by atoms with Crippen LogP contribution in [0.25, 0.3) is 0 Å². The number of rotatable bonds is 5. The topological polar surface area (TPSA) is 51.2 Å². The number of nitrogens with zero attached hydrogens (tertiary/aromatic N) is 1. The van der Waals surface area contributed by atoms with Gasteiger partial charge in [-0.15, -0.1) is 0 Å². The van der Waals surface area contributed by atoms with E-state index in [4.69, 9.17) is 16.3 Å². The van der Waals surface area contributed by atoms with Crippen molar-refractivity contribution in [2.24, 2.45) is 0 Å². The highest BCUT2D eigenvalue weighted by Crippen LogP contribution is 2.17. The fourth-order valence-corrected chi connectivity index (χ4v) is 1.95. The molecule has 1 atom stereocenters. The molecule has 0 aliphatic carbocycles. The molecule has 2 aromatic rings. The smallest absolute Gasteiger partial charge is 0.251 e. The summed E-state index contributed by atoms with van der Waals surface area (Å²) in [5, 5.41) is 3.59. The first-order valence-corrected chi connectivity index (χ1v) is 6.54. The van der Waals surface area contributed by atoms with Crippen LogP contribution in [0.3, 0.4) is 0 Å². The number of nitrogens with one attached hydrogen (secondary N) is 1. The van der Waals surface area contributed by atoms with Crippen LogP contribution in [0.15, 0.2) is 48.8 Å². The number of hydrogen-bond acceptors (Lipinski definition) is 3. The molecule has 1 aromatic carbocycles. The van der Waals surface area contributed by atoms with E-state index in [0.29, 0.717) is 17.2 Å². The summed E-state index contributed by atoms with van der Waals surface area (Å²) in [6.45, 7) is 0.387. The Balaban J connectivity index is 2.13. The molecule has 0 spiro atoms. The molecule has 1 heterocycles. The Kier molecular flexibility index (Phi) is 5.09. The number of benzene rings is 1. The number of carbonyl (C=O) groups excluding carboxylic acids is 1. The third-order valence-corrected chi connectivity index (χ3v) is 3.11. The Morgan fingerprint density at radius 3 is 2.50 bits per heavy atom. The van der Waals surface area contributed by atoms with Crippen LogP contribution in [0.2, 0.25) is 5.02 Å². The van der Waals surface area contributed by atoms with E-state index in [9.17, 15) is 4.79 Å². The SMILES string of the molecule is COC[C@H](NC(=O)c1ccncc1)c1ccc(Cl)cc1. The van der Waals surface area contributed by atoms with Gasteiger partial charge in [-0.25, -0.2) is 0 Å². The van der Waals surface area contributed by atoms with Crippen molar-refractivity contribution in [2.75, 3.05) is 13.7 Å². The molecule has 0 saturated carbocycles. The van der Waals surface area contributed by atoms with Gasteiger partial charge < -0.3 is 10.1 Å². The van der Waals surface area contributed by atoms with Gasteiger partial charge in [-0.2, -0.15) is 0 Å². The molecule has 20 heavy (non-hydrogen) atoms. The number of aromatic nitrogens is 1. The molecule has 0 saturated heterocycles. The summed E-state index contributed by atoms with van der Waals surface area (Å²) in [4.78, 5) is 16.0. The quantitative estimate of drug-likeness (QED) is 0.921. The zero-order chi connectivity index (χ0) is 14.4. The van der Waals surface area contributed by atoms with Gasteiger partial charge in [-0.3, -0.25) is 9.78 Å². The highest BCUT2D eigenvalue weighted by atomic mass is 35.5. The van der Waals surface area contributed by atoms with E-state index in [-0.39, 0.29) is 11.9 Å². The Morgan fingerprint density at radius 1 is 1.25 bits per heavy atom. The molecular formula is C15H15ClN2O2. The number of amides is 1. The zero-order valence-electron chi connectivity index (χ0n) is 11.0. The van der Waals surface area contributed by atoms with Crippen LogP contribution in [0, 0.1) is 0 Å². The average Bonchev–Trinajstić information content (AvgIpc) is 2.48. The maximum absolute atomic E-state index is 12.1. The van der Waals surface area contributed by atoms with Gasteiger partial charge in [-0.05, 0) is 29.8 Å². The average molecular weight is 291 g/mol. The Bertz CT molecular complexity index is 558. The van der Waals surface area contributed by atoms with E-state index in [1.807, 2.05) is 12.1 Å². The van der Waals surface area contributed by atoms with Crippen LogP contribution in [0.4, 0.5) is 0 Å². The summed E-state index contributed by atoms with van der Waals surface area (Å²) in [5.41, 5.74) is 1.51. The summed E-state index contributed by atoms with van der Waals surface area (Å²) in [5.74, 6) is -0.163. The van der Waals surface area contributed by atoms with E-state index in [2.05, 4.69) is 10.3 Å². The van der Waals surface area contributed by atoms with Crippen LogP contribution < -0.4 is 5.32 Å². The van der Waals surface area contributed by atoms with Gasteiger partial charge in [0.2, 0.25) is 0 Å². The lowest BCUT2D eigenvalue weighted by Crippen LogP contribution is -2.31. The van der Waals surface area contributed by atoms with Crippen LogP contribution in [-0.4, -0.2) is 24.6 Å². The number of pyridine rings is 1. The molecule has 5 heteroatoms. The predicted octanol–water partition coefficient (Wildman–Crippen LogP) is 2.85. The summed E-state index contributed by atoms with van der Waals surface area (Å²) in [6.07, 6.45) is 3.17. The lowest BCUT2D eigenvalue weighted by Gasteiger charge is -2.18. The Labute approximate surface area is 122 Å². The molecule has 1 N–H and O–H groups in total. The number of ether oxygens (including phenoxy) is 1. The largest absolute Gasteiger partial charge is 0.382 e. The standard InChI is InChI=1S/C15H15ClN2O2/c1-20-10-14(11-2-4-13(16)5-3-11)18-15(19)12-6-8-17-9-7-12/h2-9,14H,10H2,1H3,(H,18,19)/t14-/m0/s1. The molecule has 0 bridgehead atoms. The van der Waals surface area contributed by atoms with Crippen molar-refractivity contribution >= 4 is 17.5 Å². The van der Waals surface area contributed by atoms with Gasteiger partial charge in [0.15, 0.2) is 0 Å². The van der Waals surface area contributed by atoms with E-state index < -0.39 is 0 Å². The van der Waals surface area contributed by atoms with E-state index >= 15 is 0 Å². The summed E-state index contributed by atoms with van der Waals surface area (Å²) in [6, 6.07) is 10.4. The van der Waals surface area contributed by atoms with Crippen LogP contribution in [0.5, 0.6) is 0 Å². The van der Waals surface area contributed by atoms with Crippen molar-refractivity contribution in [3.05, 3.63) is 64.9 Å². The molecule has 0 unspecified atom stereocenters. The van der Waals surface area contributed by atoms with Crippen molar-refractivity contribution in [1.29, 1.82) is 0 Å². The predicted molar refractivity (Wildman–Crippen MR) is 77.8 cm³/mol. The van der Waals surface area contributed by atoms with Crippen molar-refractivity contribution in [2.45, 2.75) is 6.04 Å². The maximum atomic E-state index is 12.1. The molecule has 104 valence electrons. The molecule has 0 radical (unpaired) electrons. The molecule has 4 nitrogen and oxygen atoms in total. The second-order valence-corrected chi connectivity index (χ2v) is 4.71. The maximum Gasteiger partial charge on any atom is 0.251 e. The number of methoxy groups -OCH3 is 1. The fourth-order valence-electron chi connectivity index (χ4n) is 1.83. The normalized spacial score (nSPS) is 11.9. The lowest BCUT2D eigenvalue weighted by molar-refractivity contribution is 0.0896. The number of carbonyl (C=O) groups is 1. The molecule has 1 aromatic heterocycles. The molecular weight excluding hydrogens is 276 g/mol. The van der Waals surface area contributed by atoms with Gasteiger partial charge in [-0.1, -0.05) is 23.7 Å². The van der Waals surface area contributed by atoms with E-state index in [1.165, 1.54) is 0 Å². The Hall–Kier alpha value is -1.91. The Morgan fingerprint density at radius 2 is 1.90 bits per heavy atom. The van der Waals surface area contributed by atoms with Gasteiger partial charge in [0.25, 0.3) is 5.91 Å². The summed E-state index contributed by atoms with van der Waals surface area (Å²) in [7, 11) is 1.60. The molecule has 2 rings (SSSR count). The third kappa shape index (κ3) is 3.79. The van der Waals surface area contributed by atoms with Gasteiger partial charge in [0.1, 0.15) is 0 Å². The monoisotopic (exact) mass is 290 g/mol. The van der Waals surface area contributed by atoms with E-state index in [1.54, 1.807) is 43.8 Å². The minimum atomic E-state index is -0.224. The number of halogens is 1. The van der Waals surface area contributed by atoms with Gasteiger partial charge in [0.05, 0.1) is 12.6 Å². The first kappa shape index (κ1) is 14.5. The summed E-state index contributed by atoms with van der Waals surface area (Å²) >= 11 is 5.87. The highest BCUT2D eigenvalue weighted by molar-refractivity contribution is 6.30. The lowest BCUT2D eigenvalue weighted by atomic mass is 10.1. The molecule has 1 amide bonds. The van der Waals surface area contributed by atoms with E-state index in [0.717, 1.165) is 5.56 Å². The number of hydrogen-bond donors (Lipinski definition) is 1. The third-order valence-electron chi connectivity index (χ3n) is 2.85. The fraction of sp³-hybridized carbons (Fsp3) is 0.200. The first-order valence-electron chi connectivity index (χ1n) is 6.16. The van der Waals surface area contributed by atoms with Crippen molar-refractivity contribution in [3.63, 3.8) is 0 Å². The second-order valence-electron chi connectivity index (χ2n) is 4.27. The van der Waals surface area contributed by atoms with Crippen LogP contribution >= 0.6 is 11.6 Å². The van der Waals surface area contributed by atoms with Crippen LogP contribution in [-0.2, 0) is 4.74 Å². The van der Waals surface area contributed by atoms with Crippen molar-refractivity contribution < 1.29 is 9.53 Å². The first-order chi connectivity index (χ1) is 9.70. The zero-order valence-corrected chi connectivity index (χ0v) is 11.8.